The molecule has 0 saturated carbocycles. The van der Waals surface area contributed by atoms with E-state index >= 15 is 0 Å². The number of nitrogens with one attached hydrogen (secondary N) is 2. The molecule has 0 spiro atoms. The van der Waals surface area contributed by atoms with Gasteiger partial charge in [-0.05, 0) is 54.6 Å². The van der Waals surface area contributed by atoms with E-state index < -0.39 is 15.9 Å². The fourth-order valence-electron chi connectivity index (χ4n) is 2.97. The molecule has 0 aliphatic heterocycles. The Morgan fingerprint density at radius 2 is 1.55 bits per heavy atom. The Labute approximate surface area is 192 Å². The van der Waals surface area contributed by atoms with Crippen molar-refractivity contribution < 1.29 is 27.4 Å². The van der Waals surface area contributed by atoms with Gasteiger partial charge in [0, 0.05) is 17.3 Å². The zero-order valence-electron chi connectivity index (χ0n) is 18.4. The number of amides is 1. The van der Waals surface area contributed by atoms with Crippen molar-refractivity contribution >= 4 is 33.4 Å². The van der Waals surface area contributed by atoms with Gasteiger partial charge in [-0.2, -0.15) is 0 Å². The van der Waals surface area contributed by atoms with Gasteiger partial charge in [-0.1, -0.05) is 18.2 Å². The largest absolute Gasteiger partial charge is 0.497 e. The number of hydrogen-bond acceptors (Lipinski definition) is 6. The van der Waals surface area contributed by atoms with E-state index in [1.54, 1.807) is 49.6 Å². The Morgan fingerprint density at radius 1 is 0.848 bits per heavy atom. The second kappa shape index (κ2) is 10.6. The molecule has 0 unspecified atom stereocenters. The number of carbonyl (C=O) groups excluding carboxylic acids is 1. The van der Waals surface area contributed by atoms with Gasteiger partial charge in [-0.3, -0.25) is 9.52 Å². The fourth-order valence-corrected chi connectivity index (χ4v) is 4.05. The number of hydrogen-bond donors (Lipinski definition) is 2. The van der Waals surface area contributed by atoms with Crippen molar-refractivity contribution in [1.29, 1.82) is 0 Å². The Balaban J connectivity index is 1.81. The summed E-state index contributed by atoms with van der Waals surface area (Å²) in [6, 6.07) is 17.9. The van der Waals surface area contributed by atoms with Crippen LogP contribution in [0, 0.1) is 0 Å². The maximum absolute atomic E-state index is 12.9. The first-order valence-corrected chi connectivity index (χ1v) is 11.3. The first-order chi connectivity index (χ1) is 15.9. The molecule has 0 fully saturated rings. The highest BCUT2D eigenvalue weighted by atomic mass is 32.2. The number of para-hydroxylation sites is 1. The van der Waals surface area contributed by atoms with Crippen LogP contribution in [0.4, 0.5) is 11.4 Å². The minimum Gasteiger partial charge on any atom is -0.497 e. The molecule has 3 aromatic carbocycles. The van der Waals surface area contributed by atoms with Gasteiger partial charge in [0.05, 0.1) is 31.9 Å². The number of sulfonamides is 1. The van der Waals surface area contributed by atoms with Crippen molar-refractivity contribution in [3.8, 4) is 17.2 Å². The van der Waals surface area contributed by atoms with E-state index in [-0.39, 0.29) is 10.6 Å². The van der Waals surface area contributed by atoms with Gasteiger partial charge in [0.2, 0.25) is 5.91 Å². The molecule has 3 aromatic rings. The Morgan fingerprint density at radius 3 is 2.21 bits per heavy atom. The van der Waals surface area contributed by atoms with Crippen LogP contribution >= 0.6 is 0 Å². The molecule has 33 heavy (non-hydrogen) atoms. The lowest BCUT2D eigenvalue weighted by atomic mass is 10.2. The average molecular weight is 469 g/mol. The molecule has 0 saturated heterocycles. The molecule has 0 aliphatic rings. The number of benzene rings is 3. The third-order valence-corrected chi connectivity index (χ3v) is 6.01. The molecule has 9 heteroatoms. The standard InChI is InChI=1S/C24H24N2O6S/c1-30-19-11-9-18(10-12-19)26-33(28,29)20-13-14-23(32-3)21(16-20)25-24(27)15-8-17-6-4-5-7-22(17)31-2/h4-16,26H,1-3H3,(H,25,27). The predicted octanol–water partition coefficient (Wildman–Crippen LogP) is 4.17. The maximum Gasteiger partial charge on any atom is 0.261 e. The first kappa shape index (κ1) is 23.7. The van der Waals surface area contributed by atoms with E-state index in [4.69, 9.17) is 14.2 Å². The van der Waals surface area contributed by atoms with Gasteiger partial charge >= 0.3 is 0 Å². The molecule has 0 aromatic heterocycles. The monoisotopic (exact) mass is 468 g/mol. The number of carbonyl (C=O) groups is 1. The minimum absolute atomic E-state index is 0.0388. The summed E-state index contributed by atoms with van der Waals surface area (Å²) in [6.07, 6.45) is 2.93. The van der Waals surface area contributed by atoms with E-state index in [1.807, 2.05) is 12.1 Å². The topological polar surface area (TPSA) is 103 Å². The van der Waals surface area contributed by atoms with Crippen molar-refractivity contribution in [1.82, 2.24) is 0 Å². The molecule has 0 atom stereocenters. The molecule has 0 bridgehead atoms. The summed E-state index contributed by atoms with van der Waals surface area (Å²) in [5.74, 6) is 1.08. The number of ether oxygens (including phenoxy) is 3. The third kappa shape index (κ3) is 6.05. The second-order valence-electron chi connectivity index (χ2n) is 6.76. The maximum atomic E-state index is 12.9. The molecule has 3 rings (SSSR count). The molecule has 0 aliphatic carbocycles. The van der Waals surface area contributed by atoms with E-state index in [2.05, 4.69) is 10.0 Å². The SMILES string of the molecule is COc1ccc(NS(=O)(=O)c2ccc(OC)c(NC(=O)C=Cc3ccccc3OC)c2)cc1. The van der Waals surface area contributed by atoms with Crippen LogP contribution in [0.1, 0.15) is 5.56 Å². The van der Waals surface area contributed by atoms with Crippen molar-refractivity contribution in [3.63, 3.8) is 0 Å². The fraction of sp³-hybridized carbons (Fsp3) is 0.125. The van der Waals surface area contributed by atoms with E-state index in [1.165, 1.54) is 38.5 Å². The summed E-state index contributed by atoms with van der Waals surface area (Å²) < 4.78 is 43.8. The van der Waals surface area contributed by atoms with Gasteiger partial charge < -0.3 is 19.5 Å². The highest BCUT2D eigenvalue weighted by Crippen LogP contribution is 2.29. The molecule has 2 N–H and O–H groups in total. The van der Waals surface area contributed by atoms with E-state index in [0.29, 0.717) is 22.9 Å². The lowest BCUT2D eigenvalue weighted by Gasteiger charge is -2.13. The van der Waals surface area contributed by atoms with Crippen LogP contribution in [0.15, 0.2) is 77.7 Å². The Hall–Kier alpha value is -3.98. The zero-order valence-corrected chi connectivity index (χ0v) is 19.2. The molecular formula is C24H24N2O6S. The number of anilines is 2. The third-order valence-electron chi connectivity index (χ3n) is 4.63. The van der Waals surface area contributed by atoms with Crippen LogP contribution in [-0.2, 0) is 14.8 Å². The summed E-state index contributed by atoms with van der Waals surface area (Å²) in [7, 11) is 0.588. The summed E-state index contributed by atoms with van der Waals surface area (Å²) in [5, 5.41) is 2.66. The van der Waals surface area contributed by atoms with Crippen molar-refractivity contribution in [2.24, 2.45) is 0 Å². The van der Waals surface area contributed by atoms with Gasteiger partial charge in [-0.15, -0.1) is 0 Å². The van der Waals surface area contributed by atoms with Gasteiger partial charge in [0.1, 0.15) is 17.2 Å². The molecule has 0 radical (unpaired) electrons. The van der Waals surface area contributed by atoms with Crippen LogP contribution in [0.3, 0.4) is 0 Å². The van der Waals surface area contributed by atoms with Crippen LogP contribution in [0.2, 0.25) is 0 Å². The highest BCUT2D eigenvalue weighted by molar-refractivity contribution is 7.92. The quantitative estimate of drug-likeness (QED) is 0.457. The van der Waals surface area contributed by atoms with Gasteiger partial charge in [0.15, 0.2) is 0 Å². The molecule has 1 amide bonds. The summed E-state index contributed by atoms with van der Waals surface area (Å²) in [6.45, 7) is 0. The lowest BCUT2D eigenvalue weighted by Crippen LogP contribution is -2.14. The van der Waals surface area contributed by atoms with Crippen molar-refractivity contribution in [3.05, 3.63) is 78.4 Å². The predicted molar refractivity (Wildman–Crippen MR) is 127 cm³/mol. The second-order valence-corrected chi connectivity index (χ2v) is 8.44. The first-order valence-electron chi connectivity index (χ1n) is 9.83. The zero-order chi connectivity index (χ0) is 23.8. The van der Waals surface area contributed by atoms with Crippen LogP contribution in [-0.4, -0.2) is 35.7 Å². The molecule has 8 nitrogen and oxygen atoms in total. The summed E-state index contributed by atoms with van der Waals surface area (Å²) in [5.41, 5.74) is 1.31. The molecule has 0 heterocycles. The van der Waals surface area contributed by atoms with Gasteiger partial charge in [0.25, 0.3) is 10.0 Å². The van der Waals surface area contributed by atoms with Crippen LogP contribution in [0.5, 0.6) is 17.2 Å². The van der Waals surface area contributed by atoms with E-state index in [9.17, 15) is 13.2 Å². The summed E-state index contributed by atoms with van der Waals surface area (Å²) >= 11 is 0. The lowest BCUT2D eigenvalue weighted by molar-refractivity contribution is -0.111. The molecular weight excluding hydrogens is 444 g/mol. The number of methoxy groups -OCH3 is 3. The normalized spacial score (nSPS) is 11.1. The van der Waals surface area contributed by atoms with Gasteiger partial charge in [-0.25, -0.2) is 8.42 Å². The minimum atomic E-state index is -3.91. The highest BCUT2D eigenvalue weighted by Gasteiger charge is 2.18. The van der Waals surface area contributed by atoms with E-state index in [0.717, 1.165) is 5.56 Å². The Kier molecular flexibility index (Phi) is 7.57. The molecule has 172 valence electrons. The van der Waals surface area contributed by atoms with Crippen LogP contribution in [0.25, 0.3) is 6.08 Å². The Bertz CT molecular complexity index is 1250. The van der Waals surface area contributed by atoms with Crippen LogP contribution < -0.4 is 24.2 Å². The smallest absolute Gasteiger partial charge is 0.261 e. The summed E-state index contributed by atoms with van der Waals surface area (Å²) in [4.78, 5) is 12.5. The average Bonchev–Trinajstić information content (AvgIpc) is 2.83. The van der Waals surface area contributed by atoms with Crippen molar-refractivity contribution in [2.45, 2.75) is 4.90 Å². The number of rotatable bonds is 9. The van der Waals surface area contributed by atoms with Crippen molar-refractivity contribution in [2.75, 3.05) is 31.4 Å².